The molecule has 0 aliphatic rings. The maximum atomic E-state index is 13.6. The summed E-state index contributed by atoms with van der Waals surface area (Å²) in [6, 6.07) is 1.78. The van der Waals surface area contributed by atoms with Gasteiger partial charge in [-0.1, -0.05) is 11.6 Å². The summed E-state index contributed by atoms with van der Waals surface area (Å²) < 4.78 is 26.8. The van der Waals surface area contributed by atoms with Crippen LogP contribution in [0.4, 0.5) is 8.78 Å². The van der Waals surface area contributed by atoms with Gasteiger partial charge in [0.1, 0.15) is 11.6 Å². The van der Waals surface area contributed by atoms with Gasteiger partial charge < -0.3 is 5.11 Å². The third-order valence-electron chi connectivity index (χ3n) is 2.43. The van der Waals surface area contributed by atoms with E-state index in [4.69, 9.17) is 11.6 Å². The molecule has 1 atom stereocenters. The first-order valence-corrected chi connectivity index (χ1v) is 6.46. The Morgan fingerprint density at radius 1 is 1.39 bits per heavy atom. The van der Waals surface area contributed by atoms with Crippen LogP contribution in [0.3, 0.4) is 0 Å². The number of rotatable bonds is 3. The number of aromatic nitrogens is 1. The number of aliphatic hydroxyl groups is 1. The molecule has 1 heterocycles. The van der Waals surface area contributed by atoms with Gasteiger partial charge in [-0.2, -0.15) is 0 Å². The molecule has 96 valence electrons. The lowest BCUT2D eigenvalue weighted by Crippen LogP contribution is -2.05. The van der Waals surface area contributed by atoms with Crippen molar-refractivity contribution in [3.63, 3.8) is 0 Å². The molecule has 2 rings (SSSR count). The number of nitrogens with zero attached hydrogens (tertiary/aromatic N) is 1. The predicted molar refractivity (Wildman–Crippen MR) is 66.9 cm³/mol. The van der Waals surface area contributed by atoms with Crippen molar-refractivity contribution in [2.45, 2.75) is 19.4 Å². The van der Waals surface area contributed by atoms with Crippen LogP contribution in [-0.4, -0.2) is 10.1 Å². The molecule has 0 saturated heterocycles. The van der Waals surface area contributed by atoms with Crippen LogP contribution in [0.15, 0.2) is 17.5 Å². The SMILES string of the molecule is Cc1csc(CC(O)c2cc(F)c(Cl)cc2F)n1. The largest absolute Gasteiger partial charge is 0.388 e. The Balaban J connectivity index is 2.23. The van der Waals surface area contributed by atoms with E-state index in [0.717, 1.165) is 17.8 Å². The maximum Gasteiger partial charge on any atom is 0.142 e. The van der Waals surface area contributed by atoms with Crippen LogP contribution in [0.25, 0.3) is 0 Å². The van der Waals surface area contributed by atoms with Crippen LogP contribution >= 0.6 is 22.9 Å². The fourth-order valence-electron chi connectivity index (χ4n) is 1.57. The zero-order chi connectivity index (χ0) is 13.3. The summed E-state index contributed by atoms with van der Waals surface area (Å²) in [4.78, 5) is 4.16. The number of thiazole rings is 1. The first kappa shape index (κ1) is 13.4. The van der Waals surface area contributed by atoms with Crippen molar-refractivity contribution < 1.29 is 13.9 Å². The molecule has 0 amide bonds. The summed E-state index contributed by atoms with van der Waals surface area (Å²) in [6.07, 6.45) is -0.987. The van der Waals surface area contributed by atoms with Crippen molar-refractivity contribution >= 4 is 22.9 Å². The minimum Gasteiger partial charge on any atom is -0.388 e. The number of halogens is 3. The Bertz CT molecular complexity index is 573. The van der Waals surface area contributed by atoms with E-state index in [-0.39, 0.29) is 17.0 Å². The van der Waals surface area contributed by atoms with E-state index in [1.54, 1.807) is 0 Å². The van der Waals surface area contributed by atoms with Crippen LogP contribution < -0.4 is 0 Å². The molecule has 0 saturated carbocycles. The van der Waals surface area contributed by atoms with E-state index < -0.39 is 17.7 Å². The summed E-state index contributed by atoms with van der Waals surface area (Å²) in [5.41, 5.74) is 0.731. The zero-order valence-electron chi connectivity index (χ0n) is 9.45. The highest BCUT2D eigenvalue weighted by Crippen LogP contribution is 2.26. The van der Waals surface area contributed by atoms with Crippen molar-refractivity contribution in [3.05, 3.63) is 50.4 Å². The van der Waals surface area contributed by atoms with Gasteiger partial charge in [-0.15, -0.1) is 11.3 Å². The highest BCUT2D eigenvalue weighted by Gasteiger charge is 2.17. The molecule has 0 aliphatic carbocycles. The number of hydrogen-bond acceptors (Lipinski definition) is 3. The lowest BCUT2D eigenvalue weighted by atomic mass is 10.1. The highest BCUT2D eigenvalue weighted by atomic mass is 35.5. The number of benzene rings is 1. The molecule has 1 unspecified atom stereocenters. The first-order chi connectivity index (χ1) is 8.47. The lowest BCUT2D eigenvalue weighted by molar-refractivity contribution is 0.173. The third kappa shape index (κ3) is 2.85. The van der Waals surface area contributed by atoms with Crippen molar-refractivity contribution in [2.75, 3.05) is 0 Å². The fraction of sp³-hybridized carbons (Fsp3) is 0.250. The van der Waals surface area contributed by atoms with Crippen molar-refractivity contribution in [1.82, 2.24) is 4.98 Å². The molecule has 18 heavy (non-hydrogen) atoms. The Labute approximate surface area is 112 Å². The predicted octanol–water partition coefficient (Wildman–Crippen LogP) is 3.66. The van der Waals surface area contributed by atoms with Crippen LogP contribution in [0, 0.1) is 18.6 Å². The summed E-state index contributed by atoms with van der Waals surface area (Å²) in [7, 11) is 0. The quantitative estimate of drug-likeness (QED) is 0.875. The van der Waals surface area contributed by atoms with Gasteiger partial charge in [-0.05, 0) is 19.1 Å². The van der Waals surface area contributed by atoms with E-state index in [0.29, 0.717) is 5.01 Å². The molecule has 1 N–H and O–H groups in total. The van der Waals surface area contributed by atoms with Gasteiger partial charge in [0.15, 0.2) is 0 Å². The van der Waals surface area contributed by atoms with Crippen LogP contribution in [0.1, 0.15) is 22.4 Å². The Morgan fingerprint density at radius 3 is 2.72 bits per heavy atom. The van der Waals surface area contributed by atoms with Crippen molar-refractivity contribution in [3.8, 4) is 0 Å². The zero-order valence-corrected chi connectivity index (χ0v) is 11.0. The highest BCUT2D eigenvalue weighted by molar-refractivity contribution is 7.09. The third-order valence-corrected chi connectivity index (χ3v) is 3.71. The van der Waals surface area contributed by atoms with Crippen molar-refractivity contribution in [2.24, 2.45) is 0 Å². The second-order valence-corrected chi connectivity index (χ2v) is 5.24. The summed E-state index contributed by atoms with van der Waals surface area (Å²) in [6.45, 7) is 1.83. The molecule has 1 aromatic carbocycles. The van der Waals surface area contributed by atoms with Gasteiger partial charge in [-0.25, -0.2) is 13.8 Å². The summed E-state index contributed by atoms with van der Waals surface area (Å²) >= 11 is 6.82. The first-order valence-electron chi connectivity index (χ1n) is 5.21. The van der Waals surface area contributed by atoms with Gasteiger partial charge >= 0.3 is 0 Å². The van der Waals surface area contributed by atoms with Crippen LogP contribution in [0.2, 0.25) is 5.02 Å². The molecular formula is C12H10ClF2NOS. The van der Waals surface area contributed by atoms with Gasteiger partial charge in [0, 0.05) is 23.1 Å². The second-order valence-electron chi connectivity index (χ2n) is 3.89. The van der Waals surface area contributed by atoms with E-state index in [1.165, 1.54) is 11.3 Å². The van der Waals surface area contributed by atoms with E-state index in [2.05, 4.69) is 4.98 Å². The number of aryl methyl sites for hydroxylation is 1. The molecule has 0 radical (unpaired) electrons. The maximum absolute atomic E-state index is 13.6. The van der Waals surface area contributed by atoms with Crippen molar-refractivity contribution in [1.29, 1.82) is 0 Å². The topological polar surface area (TPSA) is 33.1 Å². The van der Waals surface area contributed by atoms with Gasteiger partial charge in [0.05, 0.1) is 16.1 Å². The molecule has 6 heteroatoms. The molecule has 0 bridgehead atoms. The van der Waals surface area contributed by atoms with Gasteiger partial charge in [0.25, 0.3) is 0 Å². The Kier molecular flexibility index (Phi) is 3.94. The lowest BCUT2D eigenvalue weighted by Gasteiger charge is -2.11. The van der Waals surface area contributed by atoms with Gasteiger partial charge in [0.2, 0.25) is 0 Å². The van der Waals surface area contributed by atoms with Crippen LogP contribution in [0.5, 0.6) is 0 Å². The summed E-state index contributed by atoms with van der Waals surface area (Å²) in [5, 5.41) is 12.1. The van der Waals surface area contributed by atoms with E-state index in [9.17, 15) is 13.9 Å². The van der Waals surface area contributed by atoms with E-state index in [1.807, 2.05) is 12.3 Å². The molecule has 2 nitrogen and oxygen atoms in total. The molecule has 2 aromatic rings. The standard InChI is InChI=1S/C12H10ClF2NOS/c1-6-5-18-12(16-6)4-11(17)7-2-10(15)8(13)3-9(7)14/h2-3,5,11,17H,4H2,1H3. The molecule has 0 aliphatic heterocycles. The molecule has 0 fully saturated rings. The van der Waals surface area contributed by atoms with Gasteiger partial charge in [-0.3, -0.25) is 0 Å². The average molecular weight is 290 g/mol. The average Bonchev–Trinajstić information content (AvgIpc) is 2.69. The molecular weight excluding hydrogens is 280 g/mol. The normalized spacial score (nSPS) is 12.7. The number of aliphatic hydroxyl groups excluding tert-OH is 1. The summed E-state index contributed by atoms with van der Waals surface area (Å²) in [5.74, 6) is -1.47. The smallest absolute Gasteiger partial charge is 0.142 e. The minimum absolute atomic E-state index is 0.107. The number of hydrogen-bond donors (Lipinski definition) is 1. The Hall–Kier alpha value is -1.04. The fourth-order valence-corrected chi connectivity index (χ4v) is 2.53. The Morgan fingerprint density at radius 2 is 2.11 bits per heavy atom. The van der Waals surface area contributed by atoms with Crippen LogP contribution in [-0.2, 0) is 6.42 Å². The second kappa shape index (κ2) is 5.30. The minimum atomic E-state index is -1.14. The molecule has 0 spiro atoms. The molecule has 1 aromatic heterocycles. The monoisotopic (exact) mass is 289 g/mol. The van der Waals surface area contributed by atoms with E-state index >= 15 is 0 Å².